The van der Waals surface area contributed by atoms with Crippen LogP contribution in [0.4, 0.5) is 5.69 Å². The molecule has 0 spiro atoms. The van der Waals surface area contributed by atoms with E-state index in [1.165, 1.54) is 0 Å². The van der Waals surface area contributed by atoms with E-state index in [2.05, 4.69) is 6.58 Å². The Labute approximate surface area is 103 Å². The Morgan fingerprint density at radius 3 is 2.47 bits per heavy atom. The summed E-state index contributed by atoms with van der Waals surface area (Å²) in [5, 5.41) is 0. The van der Waals surface area contributed by atoms with Crippen molar-refractivity contribution in [3.05, 3.63) is 41.0 Å². The third kappa shape index (κ3) is 3.09. The van der Waals surface area contributed by atoms with E-state index >= 15 is 0 Å². The van der Waals surface area contributed by atoms with Crippen molar-refractivity contribution in [3.63, 3.8) is 0 Å². The summed E-state index contributed by atoms with van der Waals surface area (Å²) in [5.41, 5.74) is 10.1. The van der Waals surface area contributed by atoms with E-state index in [1.807, 2.05) is 26.8 Å². The van der Waals surface area contributed by atoms with Gasteiger partial charge in [0.05, 0.1) is 0 Å². The summed E-state index contributed by atoms with van der Waals surface area (Å²) in [6.07, 6.45) is 0. The average molecular weight is 232 g/mol. The van der Waals surface area contributed by atoms with E-state index in [-0.39, 0.29) is 5.91 Å². The molecule has 0 saturated heterocycles. The number of hydrogen-bond donors (Lipinski definition) is 1. The molecule has 0 bridgehead atoms. The Morgan fingerprint density at radius 1 is 1.35 bits per heavy atom. The van der Waals surface area contributed by atoms with Crippen molar-refractivity contribution in [1.82, 2.24) is 4.90 Å². The van der Waals surface area contributed by atoms with Crippen molar-refractivity contribution in [3.8, 4) is 0 Å². The fourth-order valence-electron chi connectivity index (χ4n) is 1.78. The van der Waals surface area contributed by atoms with E-state index in [0.717, 1.165) is 16.7 Å². The highest BCUT2D eigenvalue weighted by molar-refractivity contribution is 5.96. The molecule has 0 heterocycles. The molecule has 3 heteroatoms. The van der Waals surface area contributed by atoms with Gasteiger partial charge < -0.3 is 10.6 Å². The minimum absolute atomic E-state index is 0.0165. The van der Waals surface area contributed by atoms with Gasteiger partial charge in [-0.15, -0.1) is 0 Å². The third-order valence-electron chi connectivity index (χ3n) is 2.70. The normalized spacial score (nSPS) is 10.1. The summed E-state index contributed by atoms with van der Waals surface area (Å²) < 4.78 is 0. The largest absolute Gasteiger partial charge is 0.398 e. The molecule has 2 N–H and O–H groups in total. The average Bonchev–Trinajstić information content (AvgIpc) is 2.21. The molecule has 1 amide bonds. The Morgan fingerprint density at radius 2 is 1.94 bits per heavy atom. The Hall–Kier alpha value is -1.77. The van der Waals surface area contributed by atoms with Crippen LogP contribution in [-0.4, -0.2) is 24.4 Å². The van der Waals surface area contributed by atoms with Gasteiger partial charge >= 0.3 is 0 Å². The van der Waals surface area contributed by atoms with E-state index in [1.54, 1.807) is 18.0 Å². The lowest BCUT2D eigenvalue weighted by atomic mass is 10.0. The number of aryl methyl sites for hydroxylation is 2. The van der Waals surface area contributed by atoms with E-state index in [9.17, 15) is 4.79 Å². The van der Waals surface area contributed by atoms with Crippen LogP contribution < -0.4 is 5.73 Å². The molecular weight excluding hydrogens is 212 g/mol. The quantitative estimate of drug-likeness (QED) is 0.643. The van der Waals surface area contributed by atoms with Gasteiger partial charge in [0.2, 0.25) is 0 Å². The minimum atomic E-state index is -0.0165. The summed E-state index contributed by atoms with van der Waals surface area (Å²) in [6, 6.07) is 3.69. The molecule has 0 aliphatic heterocycles. The highest BCUT2D eigenvalue weighted by atomic mass is 16.2. The number of nitrogens with two attached hydrogens (primary N) is 1. The number of benzene rings is 1. The number of carbonyl (C=O) groups excluding carboxylic acids is 1. The molecule has 1 rings (SSSR count). The molecule has 17 heavy (non-hydrogen) atoms. The van der Waals surface area contributed by atoms with Crippen molar-refractivity contribution in [2.24, 2.45) is 0 Å². The second kappa shape index (κ2) is 5.04. The number of anilines is 1. The van der Waals surface area contributed by atoms with Crippen molar-refractivity contribution in [2.45, 2.75) is 20.8 Å². The van der Waals surface area contributed by atoms with Crippen molar-refractivity contribution >= 4 is 11.6 Å². The maximum Gasteiger partial charge on any atom is 0.254 e. The molecule has 0 radical (unpaired) electrons. The minimum Gasteiger partial charge on any atom is -0.398 e. The summed E-state index contributed by atoms with van der Waals surface area (Å²) in [6.45, 7) is 10.1. The topological polar surface area (TPSA) is 46.3 Å². The van der Waals surface area contributed by atoms with Crippen LogP contribution in [0.5, 0.6) is 0 Å². The van der Waals surface area contributed by atoms with Crippen LogP contribution in [0.1, 0.15) is 28.4 Å². The van der Waals surface area contributed by atoms with Crippen molar-refractivity contribution < 1.29 is 4.79 Å². The first-order valence-corrected chi connectivity index (χ1v) is 5.59. The number of rotatable bonds is 3. The van der Waals surface area contributed by atoms with Gasteiger partial charge in [0.1, 0.15) is 0 Å². The molecule has 0 aliphatic carbocycles. The number of hydrogen-bond acceptors (Lipinski definition) is 2. The van der Waals surface area contributed by atoms with Crippen LogP contribution in [0.3, 0.4) is 0 Å². The molecule has 0 saturated carbocycles. The first kappa shape index (κ1) is 13.3. The van der Waals surface area contributed by atoms with Crippen LogP contribution >= 0.6 is 0 Å². The van der Waals surface area contributed by atoms with E-state index in [4.69, 9.17) is 5.73 Å². The number of nitrogens with zero attached hydrogens (tertiary/aromatic N) is 1. The van der Waals surface area contributed by atoms with Gasteiger partial charge in [0.25, 0.3) is 5.91 Å². The fourth-order valence-corrected chi connectivity index (χ4v) is 1.78. The van der Waals surface area contributed by atoms with Gasteiger partial charge in [-0.3, -0.25) is 4.79 Å². The van der Waals surface area contributed by atoms with Gasteiger partial charge in [0, 0.05) is 24.8 Å². The second-order valence-electron chi connectivity index (χ2n) is 4.64. The van der Waals surface area contributed by atoms with Crippen LogP contribution in [0.25, 0.3) is 0 Å². The molecule has 3 nitrogen and oxygen atoms in total. The first-order chi connectivity index (χ1) is 7.82. The zero-order chi connectivity index (χ0) is 13.2. The summed E-state index contributed by atoms with van der Waals surface area (Å²) >= 11 is 0. The van der Waals surface area contributed by atoms with Gasteiger partial charge in [-0.25, -0.2) is 0 Å². The molecule has 0 aliphatic rings. The van der Waals surface area contributed by atoms with Crippen LogP contribution in [0.2, 0.25) is 0 Å². The van der Waals surface area contributed by atoms with Crippen molar-refractivity contribution in [2.75, 3.05) is 19.3 Å². The van der Waals surface area contributed by atoms with Crippen LogP contribution in [0, 0.1) is 13.8 Å². The monoisotopic (exact) mass is 232 g/mol. The highest BCUT2D eigenvalue weighted by Gasteiger charge is 2.15. The highest BCUT2D eigenvalue weighted by Crippen LogP contribution is 2.19. The number of amides is 1. The molecule has 1 aromatic carbocycles. The Kier molecular flexibility index (Phi) is 3.94. The van der Waals surface area contributed by atoms with Crippen LogP contribution in [0.15, 0.2) is 24.3 Å². The lowest BCUT2D eigenvalue weighted by Crippen LogP contribution is -2.28. The van der Waals surface area contributed by atoms with E-state index < -0.39 is 0 Å². The lowest BCUT2D eigenvalue weighted by Gasteiger charge is -2.19. The smallest absolute Gasteiger partial charge is 0.254 e. The molecule has 0 unspecified atom stereocenters. The summed E-state index contributed by atoms with van der Waals surface area (Å²) in [4.78, 5) is 13.8. The Balaban J connectivity index is 3.04. The predicted octanol–water partition coefficient (Wildman–Crippen LogP) is 2.53. The predicted molar refractivity (Wildman–Crippen MR) is 72.1 cm³/mol. The maximum absolute atomic E-state index is 12.2. The van der Waals surface area contributed by atoms with Crippen LogP contribution in [-0.2, 0) is 0 Å². The van der Waals surface area contributed by atoms with Gasteiger partial charge in [-0.05, 0) is 38.0 Å². The molecule has 0 aromatic heterocycles. The first-order valence-electron chi connectivity index (χ1n) is 5.59. The Bertz CT molecular complexity index is 464. The molecule has 0 atom stereocenters. The van der Waals surface area contributed by atoms with Gasteiger partial charge in [-0.1, -0.05) is 18.2 Å². The summed E-state index contributed by atoms with van der Waals surface area (Å²) in [7, 11) is 1.77. The molecule has 92 valence electrons. The zero-order valence-electron chi connectivity index (χ0n) is 11.0. The number of carbonyl (C=O) groups is 1. The standard InChI is InChI=1S/C14H20N2O/c1-9(2)8-16(5)14(17)12-7-13(15)11(4)6-10(12)3/h6-7H,1,8,15H2,2-5H3. The van der Waals surface area contributed by atoms with Gasteiger partial charge in [-0.2, -0.15) is 0 Å². The maximum atomic E-state index is 12.2. The fraction of sp³-hybridized carbons (Fsp3) is 0.357. The second-order valence-corrected chi connectivity index (χ2v) is 4.64. The van der Waals surface area contributed by atoms with Crippen molar-refractivity contribution in [1.29, 1.82) is 0 Å². The number of nitrogen functional groups attached to an aromatic ring is 1. The molecule has 0 fully saturated rings. The molecule has 1 aromatic rings. The zero-order valence-corrected chi connectivity index (χ0v) is 11.0. The van der Waals surface area contributed by atoms with E-state index in [0.29, 0.717) is 17.8 Å². The lowest BCUT2D eigenvalue weighted by molar-refractivity contribution is 0.0806. The van der Waals surface area contributed by atoms with Gasteiger partial charge in [0.15, 0.2) is 0 Å². The third-order valence-corrected chi connectivity index (χ3v) is 2.70. The molecular formula is C14H20N2O. The number of likely N-dealkylation sites (N-methyl/N-ethyl adjacent to an activating group) is 1. The SMILES string of the molecule is C=C(C)CN(C)C(=O)c1cc(N)c(C)cc1C. The summed E-state index contributed by atoms with van der Waals surface area (Å²) in [5.74, 6) is -0.0165.